The Balaban J connectivity index is 1.82. The number of carbonyl (C=O) groups excluding carboxylic acids is 2. The molecule has 3 rings (SSSR count). The summed E-state index contributed by atoms with van der Waals surface area (Å²) < 4.78 is 0. The Hall–Kier alpha value is -3.42. The van der Waals surface area contributed by atoms with E-state index in [1.807, 2.05) is 17.0 Å². The summed E-state index contributed by atoms with van der Waals surface area (Å²) >= 11 is 0. The van der Waals surface area contributed by atoms with E-state index in [-0.39, 0.29) is 17.2 Å². The molecule has 0 atom stereocenters. The third kappa shape index (κ3) is 5.39. The van der Waals surface area contributed by atoms with Gasteiger partial charge in [-0.25, -0.2) is 0 Å². The quantitative estimate of drug-likeness (QED) is 0.557. The zero-order valence-corrected chi connectivity index (χ0v) is 18.1. The molecule has 0 aromatic heterocycles. The number of anilines is 2. The maximum absolute atomic E-state index is 12.9. The lowest BCUT2D eigenvalue weighted by Gasteiger charge is -2.31. The van der Waals surface area contributed by atoms with Crippen molar-refractivity contribution in [1.29, 1.82) is 0 Å². The van der Waals surface area contributed by atoms with Crippen molar-refractivity contribution in [1.82, 2.24) is 4.90 Å². The average molecular weight is 425 g/mol. The molecule has 2 aromatic carbocycles. The minimum atomic E-state index is -0.431. The van der Waals surface area contributed by atoms with Crippen molar-refractivity contribution >= 4 is 28.9 Å². The molecule has 8 nitrogen and oxygen atoms in total. The van der Waals surface area contributed by atoms with Crippen LogP contribution in [-0.4, -0.2) is 41.8 Å². The van der Waals surface area contributed by atoms with Gasteiger partial charge >= 0.3 is 0 Å². The van der Waals surface area contributed by atoms with Crippen LogP contribution >= 0.6 is 0 Å². The van der Waals surface area contributed by atoms with Gasteiger partial charge in [-0.1, -0.05) is 25.1 Å². The molecule has 1 aliphatic rings. The number of nitrogens with zero attached hydrogens (tertiary/aromatic N) is 3. The third-order valence-corrected chi connectivity index (χ3v) is 5.77. The van der Waals surface area contributed by atoms with Gasteiger partial charge in [-0.2, -0.15) is 0 Å². The monoisotopic (exact) mass is 424 g/mol. The van der Waals surface area contributed by atoms with Crippen molar-refractivity contribution in [3.8, 4) is 0 Å². The van der Waals surface area contributed by atoms with Crippen molar-refractivity contribution in [2.24, 2.45) is 5.92 Å². The number of para-hydroxylation sites is 1. The normalized spacial score (nSPS) is 14.2. The van der Waals surface area contributed by atoms with Gasteiger partial charge in [-0.15, -0.1) is 0 Å². The van der Waals surface area contributed by atoms with E-state index in [4.69, 9.17) is 0 Å². The SMILES string of the molecule is CC(=O)N(C)Cc1ccccc1NC(=O)c1ccc(N2CCC(C)CC2)c([N+](=O)[O-])c1. The van der Waals surface area contributed by atoms with Crippen LogP contribution in [0.4, 0.5) is 17.1 Å². The highest BCUT2D eigenvalue weighted by Gasteiger charge is 2.25. The first-order valence-electron chi connectivity index (χ1n) is 10.4. The minimum Gasteiger partial charge on any atom is -0.366 e. The maximum atomic E-state index is 12.9. The molecule has 0 aliphatic carbocycles. The van der Waals surface area contributed by atoms with Gasteiger partial charge in [0.05, 0.1) is 4.92 Å². The molecular formula is C23H28N4O4. The van der Waals surface area contributed by atoms with E-state index in [2.05, 4.69) is 12.2 Å². The first-order valence-corrected chi connectivity index (χ1v) is 10.4. The van der Waals surface area contributed by atoms with Crippen LogP contribution in [0.1, 0.15) is 42.6 Å². The lowest BCUT2D eigenvalue weighted by atomic mass is 9.98. The second kappa shape index (κ2) is 9.59. The van der Waals surface area contributed by atoms with Crippen molar-refractivity contribution in [3.05, 3.63) is 63.7 Å². The summed E-state index contributed by atoms with van der Waals surface area (Å²) in [6.07, 6.45) is 1.98. The number of rotatable bonds is 6. The molecule has 0 bridgehead atoms. The van der Waals surface area contributed by atoms with Gasteiger partial charge in [0.1, 0.15) is 5.69 Å². The van der Waals surface area contributed by atoms with Crippen LogP contribution in [-0.2, 0) is 11.3 Å². The largest absolute Gasteiger partial charge is 0.366 e. The van der Waals surface area contributed by atoms with Crippen LogP contribution < -0.4 is 10.2 Å². The predicted octanol–water partition coefficient (Wildman–Crippen LogP) is 4.06. The molecule has 1 aliphatic heterocycles. The fraction of sp³-hybridized carbons (Fsp3) is 0.391. The number of carbonyl (C=O) groups is 2. The zero-order valence-electron chi connectivity index (χ0n) is 18.1. The summed E-state index contributed by atoms with van der Waals surface area (Å²) in [5.74, 6) is 0.0989. The van der Waals surface area contributed by atoms with Crippen molar-refractivity contribution in [2.45, 2.75) is 33.2 Å². The highest BCUT2D eigenvalue weighted by atomic mass is 16.6. The lowest BCUT2D eigenvalue weighted by molar-refractivity contribution is -0.384. The maximum Gasteiger partial charge on any atom is 0.293 e. The van der Waals surface area contributed by atoms with Crippen LogP contribution in [0.25, 0.3) is 0 Å². The van der Waals surface area contributed by atoms with Crippen molar-refractivity contribution < 1.29 is 14.5 Å². The van der Waals surface area contributed by atoms with Gasteiger partial charge in [-0.3, -0.25) is 19.7 Å². The van der Waals surface area contributed by atoms with E-state index in [0.29, 0.717) is 23.8 Å². The molecule has 31 heavy (non-hydrogen) atoms. The molecule has 1 heterocycles. The van der Waals surface area contributed by atoms with Crippen LogP contribution in [0, 0.1) is 16.0 Å². The van der Waals surface area contributed by atoms with E-state index in [1.54, 1.807) is 36.2 Å². The number of nitrogens with one attached hydrogen (secondary N) is 1. The fourth-order valence-corrected chi connectivity index (χ4v) is 3.67. The van der Waals surface area contributed by atoms with Gasteiger partial charge in [0.25, 0.3) is 11.6 Å². The summed E-state index contributed by atoms with van der Waals surface area (Å²) in [4.78, 5) is 39.3. The second-order valence-electron chi connectivity index (χ2n) is 8.12. The molecule has 0 radical (unpaired) electrons. The first-order chi connectivity index (χ1) is 14.8. The minimum absolute atomic E-state index is 0.0631. The van der Waals surface area contributed by atoms with Crippen LogP contribution in [0.3, 0.4) is 0 Å². The van der Waals surface area contributed by atoms with Crippen LogP contribution in [0.5, 0.6) is 0 Å². The number of hydrogen-bond acceptors (Lipinski definition) is 5. The van der Waals surface area contributed by atoms with Crippen molar-refractivity contribution in [2.75, 3.05) is 30.4 Å². The Bertz CT molecular complexity index is 983. The lowest BCUT2D eigenvalue weighted by Crippen LogP contribution is -2.33. The standard InChI is InChI=1S/C23H28N4O4/c1-16-10-12-26(13-11-16)21-9-8-18(14-22(21)27(30)31)23(29)24-20-7-5-4-6-19(20)15-25(3)17(2)28/h4-9,14,16H,10-13,15H2,1-3H3,(H,24,29). The zero-order chi connectivity index (χ0) is 22.5. The Kier molecular flexibility index (Phi) is 6.89. The van der Waals surface area contributed by atoms with E-state index < -0.39 is 10.8 Å². The Morgan fingerprint density at radius 1 is 1.19 bits per heavy atom. The Morgan fingerprint density at radius 2 is 1.87 bits per heavy atom. The van der Waals surface area contributed by atoms with Gasteiger partial charge in [-0.05, 0) is 42.5 Å². The smallest absolute Gasteiger partial charge is 0.293 e. The highest BCUT2D eigenvalue weighted by Crippen LogP contribution is 2.32. The third-order valence-electron chi connectivity index (χ3n) is 5.77. The molecular weight excluding hydrogens is 396 g/mol. The number of piperidine rings is 1. The molecule has 2 aromatic rings. The molecule has 1 fully saturated rings. The van der Waals surface area contributed by atoms with Gasteiger partial charge in [0.15, 0.2) is 0 Å². The van der Waals surface area contributed by atoms with Gasteiger partial charge < -0.3 is 15.1 Å². The number of benzene rings is 2. The molecule has 164 valence electrons. The van der Waals surface area contributed by atoms with Crippen molar-refractivity contribution in [3.63, 3.8) is 0 Å². The Morgan fingerprint density at radius 3 is 2.52 bits per heavy atom. The van der Waals surface area contributed by atoms with E-state index in [1.165, 1.54) is 13.0 Å². The number of nitro benzene ring substituents is 1. The molecule has 1 saturated heterocycles. The van der Waals surface area contributed by atoms with E-state index in [0.717, 1.165) is 31.5 Å². The fourth-order valence-electron chi connectivity index (χ4n) is 3.67. The first kappa shape index (κ1) is 22.3. The second-order valence-corrected chi connectivity index (χ2v) is 8.12. The summed E-state index contributed by atoms with van der Waals surface area (Å²) in [6, 6.07) is 11.8. The number of nitro groups is 1. The van der Waals surface area contributed by atoms with E-state index in [9.17, 15) is 19.7 Å². The molecule has 0 unspecified atom stereocenters. The topological polar surface area (TPSA) is 95.8 Å². The summed E-state index contributed by atoms with van der Waals surface area (Å²) in [5.41, 5.74) is 2.05. The number of amides is 2. The van der Waals surface area contributed by atoms with Gasteiger partial charge in [0, 0.05) is 50.9 Å². The molecule has 1 N–H and O–H groups in total. The van der Waals surface area contributed by atoms with E-state index >= 15 is 0 Å². The highest BCUT2D eigenvalue weighted by molar-refractivity contribution is 6.05. The van der Waals surface area contributed by atoms with Crippen LogP contribution in [0.15, 0.2) is 42.5 Å². The molecule has 2 amide bonds. The predicted molar refractivity (Wildman–Crippen MR) is 120 cm³/mol. The summed E-state index contributed by atoms with van der Waals surface area (Å²) in [5, 5.41) is 14.5. The molecule has 8 heteroatoms. The summed E-state index contributed by atoms with van der Waals surface area (Å²) in [6.45, 7) is 5.55. The average Bonchev–Trinajstić information content (AvgIpc) is 2.75. The molecule has 0 saturated carbocycles. The number of hydrogen-bond donors (Lipinski definition) is 1. The Labute approximate surface area is 182 Å². The summed E-state index contributed by atoms with van der Waals surface area (Å²) in [7, 11) is 1.68. The molecule has 0 spiro atoms. The van der Waals surface area contributed by atoms with Gasteiger partial charge in [0.2, 0.25) is 5.91 Å². The van der Waals surface area contributed by atoms with Crippen LogP contribution in [0.2, 0.25) is 0 Å².